The zero-order valence-corrected chi connectivity index (χ0v) is 19.1. The average Bonchev–Trinajstić information content (AvgIpc) is 2.72. The molecule has 0 heterocycles. The van der Waals surface area contributed by atoms with Crippen molar-refractivity contribution < 1.29 is 13.2 Å². The molecule has 1 unspecified atom stereocenters. The minimum atomic E-state index is -4.00. The lowest BCUT2D eigenvalue weighted by Gasteiger charge is -2.36. The molecular weight excluding hydrogens is 369 g/mol. The van der Waals surface area contributed by atoms with Gasteiger partial charge in [0, 0.05) is 0 Å². The molecule has 2 saturated carbocycles. The van der Waals surface area contributed by atoms with E-state index in [4.69, 9.17) is 0 Å². The van der Waals surface area contributed by atoms with Gasteiger partial charge in [-0.05, 0) is 43.4 Å². The van der Waals surface area contributed by atoms with E-state index in [9.17, 15) is 13.2 Å². The molecule has 0 nitrogen and oxygen atoms in total. The van der Waals surface area contributed by atoms with Crippen molar-refractivity contribution in [2.75, 3.05) is 0 Å². The fraction of sp³-hybridized carbons (Fsp3) is 1.00. The van der Waals surface area contributed by atoms with Gasteiger partial charge in [-0.15, -0.1) is 0 Å². The molecule has 1 atom stereocenters. The molecule has 0 radical (unpaired) electrons. The minimum Gasteiger partial charge on any atom is -0.171 e. The van der Waals surface area contributed by atoms with Crippen LogP contribution in [-0.2, 0) is 0 Å². The Morgan fingerprint density at radius 3 is 1.83 bits per heavy atom. The van der Waals surface area contributed by atoms with Gasteiger partial charge in [0.25, 0.3) is 0 Å². The van der Waals surface area contributed by atoms with Crippen LogP contribution in [0.2, 0.25) is 0 Å². The SMILES string of the molecule is CCCCCCCCCC(CCC[C@H]1CC[C@H](C2CCCCC2)CC1)C(F)(F)F. The highest BCUT2D eigenvalue weighted by molar-refractivity contribution is 4.80. The summed E-state index contributed by atoms with van der Waals surface area (Å²) < 4.78 is 40.3. The molecule has 0 aromatic carbocycles. The molecule has 0 aromatic heterocycles. The van der Waals surface area contributed by atoms with E-state index in [1.54, 1.807) is 0 Å². The lowest BCUT2D eigenvalue weighted by molar-refractivity contribution is -0.178. The summed E-state index contributed by atoms with van der Waals surface area (Å²) in [5.41, 5.74) is 0. The molecule has 172 valence electrons. The van der Waals surface area contributed by atoms with Crippen molar-refractivity contribution in [1.82, 2.24) is 0 Å². The molecule has 0 amide bonds. The Kier molecular flexibility index (Phi) is 12.1. The summed E-state index contributed by atoms with van der Waals surface area (Å²) >= 11 is 0. The monoisotopic (exact) mass is 416 g/mol. The van der Waals surface area contributed by atoms with E-state index >= 15 is 0 Å². The Balaban J connectivity index is 1.58. The fourth-order valence-corrected chi connectivity index (χ4v) is 6.03. The molecule has 0 aromatic rings. The molecule has 0 bridgehead atoms. The summed E-state index contributed by atoms with van der Waals surface area (Å²) in [6.45, 7) is 2.19. The number of halogens is 3. The predicted molar refractivity (Wildman–Crippen MR) is 118 cm³/mol. The van der Waals surface area contributed by atoms with Gasteiger partial charge in [0.15, 0.2) is 0 Å². The molecule has 0 saturated heterocycles. The first kappa shape index (κ1) is 25.1. The molecular formula is C26H47F3. The summed E-state index contributed by atoms with van der Waals surface area (Å²) in [6.07, 6.45) is 18.6. The van der Waals surface area contributed by atoms with Crippen molar-refractivity contribution in [1.29, 1.82) is 0 Å². The summed E-state index contributed by atoms with van der Waals surface area (Å²) in [5.74, 6) is 1.52. The second-order valence-electron chi connectivity index (χ2n) is 10.3. The number of alkyl halides is 3. The first-order valence-electron chi connectivity index (χ1n) is 13.1. The topological polar surface area (TPSA) is 0 Å². The van der Waals surface area contributed by atoms with Crippen LogP contribution in [0.1, 0.15) is 135 Å². The normalized spacial score (nSPS) is 25.2. The van der Waals surface area contributed by atoms with Crippen LogP contribution in [0.3, 0.4) is 0 Å². The van der Waals surface area contributed by atoms with Crippen molar-refractivity contribution in [2.45, 2.75) is 142 Å². The summed E-state index contributed by atoms with van der Waals surface area (Å²) in [7, 11) is 0. The van der Waals surface area contributed by atoms with Crippen molar-refractivity contribution in [3.8, 4) is 0 Å². The van der Waals surface area contributed by atoms with Gasteiger partial charge in [-0.2, -0.15) is 13.2 Å². The third kappa shape index (κ3) is 10.1. The van der Waals surface area contributed by atoms with Gasteiger partial charge in [-0.25, -0.2) is 0 Å². The van der Waals surface area contributed by atoms with Crippen LogP contribution in [-0.4, -0.2) is 6.18 Å². The van der Waals surface area contributed by atoms with Crippen LogP contribution < -0.4 is 0 Å². The van der Waals surface area contributed by atoms with Crippen molar-refractivity contribution in [3.05, 3.63) is 0 Å². The second-order valence-corrected chi connectivity index (χ2v) is 10.3. The molecule has 2 rings (SSSR count). The number of unbranched alkanes of at least 4 members (excludes halogenated alkanes) is 6. The van der Waals surface area contributed by atoms with Gasteiger partial charge in [0.2, 0.25) is 0 Å². The van der Waals surface area contributed by atoms with E-state index in [0.29, 0.717) is 18.8 Å². The van der Waals surface area contributed by atoms with Crippen LogP contribution in [0.5, 0.6) is 0 Å². The molecule has 0 spiro atoms. The van der Waals surface area contributed by atoms with Gasteiger partial charge in [-0.3, -0.25) is 0 Å². The van der Waals surface area contributed by atoms with Gasteiger partial charge < -0.3 is 0 Å². The van der Waals surface area contributed by atoms with Crippen molar-refractivity contribution in [3.63, 3.8) is 0 Å². The smallest absolute Gasteiger partial charge is 0.171 e. The third-order valence-electron chi connectivity index (χ3n) is 7.99. The second kappa shape index (κ2) is 14.0. The number of rotatable bonds is 13. The Morgan fingerprint density at radius 1 is 0.655 bits per heavy atom. The zero-order chi connectivity index (χ0) is 21.0. The van der Waals surface area contributed by atoms with Crippen LogP contribution in [0.25, 0.3) is 0 Å². The van der Waals surface area contributed by atoms with Gasteiger partial charge in [0.1, 0.15) is 0 Å². The predicted octanol–water partition coefficient (Wildman–Crippen LogP) is 9.86. The molecule has 0 aliphatic heterocycles. The lowest BCUT2D eigenvalue weighted by Crippen LogP contribution is -2.25. The van der Waals surface area contributed by atoms with Crippen LogP contribution >= 0.6 is 0 Å². The van der Waals surface area contributed by atoms with E-state index in [-0.39, 0.29) is 0 Å². The first-order valence-corrected chi connectivity index (χ1v) is 13.1. The average molecular weight is 417 g/mol. The highest BCUT2D eigenvalue weighted by atomic mass is 19.4. The van der Waals surface area contributed by atoms with E-state index in [1.165, 1.54) is 83.5 Å². The third-order valence-corrected chi connectivity index (χ3v) is 7.99. The Labute approximate surface area is 178 Å². The fourth-order valence-electron chi connectivity index (χ4n) is 6.03. The molecule has 0 N–H and O–H groups in total. The van der Waals surface area contributed by atoms with Gasteiger partial charge in [-0.1, -0.05) is 110 Å². The van der Waals surface area contributed by atoms with Crippen LogP contribution in [0, 0.1) is 23.7 Å². The largest absolute Gasteiger partial charge is 0.391 e. The summed E-state index contributed by atoms with van der Waals surface area (Å²) in [4.78, 5) is 0. The van der Waals surface area contributed by atoms with Gasteiger partial charge in [0.05, 0.1) is 5.92 Å². The molecule has 3 heteroatoms. The molecule has 2 aliphatic carbocycles. The van der Waals surface area contributed by atoms with Gasteiger partial charge >= 0.3 is 6.18 Å². The van der Waals surface area contributed by atoms with E-state index in [1.807, 2.05) is 0 Å². The summed E-state index contributed by atoms with van der Waals surface area (Å²) in [5, 5.41) is 0. The minimum absolute atomic E-state index is 0.353. The Bertz CT molecular complexity index is 389. The standard InChI is InChI=1S/C26H47F3/c1-2-3-4-5-6-7-11-16-25(26(27,28)29)17-12-13-22-18-20-24(21-19-22)23-14-9-8-10-15-23/h22-25H,2-21H2,1H3/t22-,24-,25?. The Hall–Kier alpha value is -0.210. The van der Waals surface area contributed by atoms with E-state index in [0.717, 1.165) is 43.9 Å². The highest BCUT2D eigenvalue weighted by Gasteiger charge is 2.38. The Morgan fingerprint density at radius 2 is 1.21 bits per heavy atom. The molecule has 2 fully saturated rings. The maximum absolute atomic E-state index is 13.4. The highest BCUT2D eigenvalue weighted by Crippen LogP contribution is 2.42. The quantitative estimate of drug-likeness (QED) is 0.262. The first-order chi connectivity index (χ1) is 14.0. The maximum Gasteiger partial charge on any atom is 0.391 e. The lowest BCUT2D eigenvalue weighted by atomic mass is 9.70. The van der Waals surface area contributed by atoms with E-state index in [2.05, 4.69) is 6.92 Å². The summed E-state index contributed by atoms with van der Waals surface area (Å²) in [6, 6.07) is 0. The van der Waals surface area contributed by atoms with Crippen molar-refractivity contribution in [2.24, 2.45) is 23.7 Å². The van der Waals surface area contributed by atoms with Crippen LogP contribution in [0.15, 0.2) is 0 Å². The maximum atomic E-state index is 13.4. The number of hydrogen-bond donors (Lipinski definition) is 0. The molecule has 29 heavy (non-hydrogen) atoms. The van der Waals surface area contributed by atoms with Crippen LogP contribution in [0.4, 0.5) is 13.2 Å². The number of hydrogen-bond acceptors (Lipinski definition) is 0. The molecule has 2 aliphatic rings. The van der Waals surface area contributed by atoms with E-state index < -0.39 is 12.1 Å². The van der Waals surface area contributed by atoms with Crippen molar-refractivity contribution >= 4 is 0 Å². The zero-order valence-electron chi connectivity index (χ0n) is 19.1.